The van der Waals surface area contributed by atoms with E-state index in [2.05, 4.69) is 16.8 Å². The lowest BCUT2D eigenvalue weighted by atomic mass is 10.1. The molecule has 0 spiro atoms. The first-order valence-electron chi connectivity index (χ1n) is 3.05. The molecule has 1 aromatic heterocycles. The van der Waals surface area contributed by atoms with Gasteiger partial charge in [-0.2, -0.15) is 11.3 Å². The first-order valence-corrected chi connectivity index (χ1v) is 4.00. The van der Waals surface area contributed by atoms with Gasteiger partial charge in [0.25, 0.3) is 0 Å². The first kappa shape index (κ1) is 6.78. The lowest BCUT2D eigenvalue weighted by Crippen LogP contribution is -2.17. The van der Waals surface area contributed by atoms with Crippen LogP contribution in [0.3, 0.4) is 0 Å². The molecular weight excluding hydrogens is 130 g/mol. The topological polar surface area (TPSA) is 26.0 Å². The van der Waals surface area contributed by atoms with Crippen LogP contribution in [0.1, 0.15) is 12.5 Å². The quantitative estimate of drug-likeness (QED) is 0.665. The van der Waals surface area contributed by atoms with Crippen LogP contribution in [-0.4, -0.2) is 6.04 Å². The SMILES string of the molecule is C[C@@H](N)Cc1ccsc1. The Morgan fingerprint density at radius 1 is 1.78 bits per heavy atom. The van der Waals surface area contributed by atoms with Gasteiger partial charge in [0, 0.05) is 6.04 Å². The highest BCUT2D eigenvalue weighted by Gasteiger charge is 1.95. The van der Waals surface area contributed by atoms with Crippen LogP contribution < -0.4 is 5.73 Å². The van der Waals surface area contributed by atoms with Gasteiger partial charge in [-0.1, -0.05) is 0 Å². The summed E-state index contributed by atoms with van der Waals surface area (Å²) >= 11 is 1.73. The summed E-state index contributed by atoms with van der Waals surface area (Å²) in [5, 5.41) is 4.22. The van der Waals surface area contributed by atoms with E-state index in [4.69, 9.17) is 5.73 Å². The monoisotopic (exact) mass is 141 g/mol. The summed E-state index contributed by atoms with van der Waals surface area (Å²) in [5.41, 5.74) is 6.94. The number of thiophene rings is 1. The zero-order valence-electron chi connectivity index (χ0n) is 5.50. The maximum Gasteiger partial charge on any atom is 0.00512 e. The van der Waals surface area contributed by atoms with Gasteiger partial charge in [0.05, 0.1) is 0 Å². The minimum atomic E-state index is 0.291. The predicted molar refractivity (Wildman–Crippen MR) is 41.7 cm³/mol. The fourth-order valence-corrected chi connectivity index (χ4v) is 1.46. The Morgan fingerprint density at radius 3 is 3.00 bits per heavy atom. The summed E-state index contributed by atoms with van der Waals surface area (Å²) in [6.07, 6.45) is 1.00. The molecule has 1 atom stereocenters. The Labute approximate surface area is 59.5 Å². The van der Waals surface area contributed by atoms with Crippen LogP contribution in [0.5, 0.6) is 0 Å². The van der Waals surface area contributed by atoms with Crippen molar-refractivity contribution < 1.29 is 0 Å². The Hall–Kier alpha value is -0.340. The van der Waals surface area contributed by atoms with Crippen molar-refractivity contribution in [3.05, 3.63) is 22.4 Å². The van der Waals surface area contributed by atoms with E-state index in [9.17, 15) is 0 Å². The summed E-state index contributed by atoms with van der Waals surface area (Å²) in [6.45, 7) is 2.03. The lowest BCUT2D eigenvalue weighted by Gasteiger charge is -1.99. The molecule has 0 radical (unpaired) electrons. The van der Waals surface area contributed by atoms with Gasteiger partial charge in [0.2, 0.25) is 0 Å². The van der Waals surface area contributed by atoms with Crippen LogP contribution in [0.25, 0.3) is 0 Å². The number of hydrogen-bond acceptors (Lipinski definition) is 2. The second-order valence-corrected chi connectivity index (χ2v) is 3.09. The van der Waals surface area contributed by atoms with Crippen molar-refractivity contribution in [2.75, 3.05) is 0 Å². The fourth-order valence-electron chi connectivity index (χ4n) is 0.781. The molecule has 1 heterocycles. The first-order chi connectivity index (χ1) is 4.29. The standard InChI is InChI=1S/C7H11NS/c1-6(8)4-7-2-3-9-5-7/h2-3,5-6H,4,8H2,1H3/t6-/m1/s1. The molecule has 0 unspecified atom stereocenters. The van der Waals surface area contributed by atoms with Crippen LogP contribution in [0.2, 0.25) is 0 Å². The van der Waals surface area contributed by atoms with Crippen LogP contribution in [-0.2, 0) is 6.42 Å². The molecule has 0 saturated carbocycles. The summed E-state index contributed by atoms with van der Waals surface area (Å²) < 4.78 is 0. The molecule has 0 amide bonds. The van der Waals surface area contributed by atoms with Crippen molar-refractivity contribution in [3.63, 3.8) is 0 Å². The van der Waals surface area contributed by atoms with E-state index in [-0.39, 0.29) is 0 Å². The average Bonchev–Trinajstić information content (AvgIpc) is 2.15. The van der Waals surface area contributed by atoms with Gasteiger partial charge >= 0.3 is 0 Å². The van der Waals surface area contributed by atoms with Gasteiger partial charge in [0.1, 0.15) is 0 Å². The van der Waals surface area contributed by atoms with Crippen molar-refractivity contribution in [1.29, 1.82) is 0 Å². The van der Waals surface area contributed by atoms with Crippen molar-refractivity contribution >= 4 is 11.3 Å². The molecule has 1 nitrogen and oxygen atoms in total. The summed E-state index contributed by atoms with van der Waals surface area (Å²) in [6, 6.07) is 2.41. The maximum atomic E-state index is 5.59. The maximum absolute atomic E-state index is 5.59. The number of rotatable bonds is 2. The normalized spacial score (nSPS) is 13.6. The van der Waals surface area contributed by atoms with Gasteiger partial charge in [-0.05, 0) is 35.7 Å². The molecule has 0 aromatic carbocycles. The van der Waals surface area contributed by atoms with Crippen molar-refractivity contribution in [2.24, 2.45) is 5.73 Å². The van der Waals surface area contributed by atoms with Gasteiger partial charge < -0.3 is 5.73 Å². The van der Waals surface area contributed by atoms with Crippen molar-refractivity contribution in [2.45, 2.75) is 19.4 Å². The van der Waals surface area contributed by atoms with Crippen LogP contribution >= 0.6 is 11.3 Å². The zero-order valence-corrected chi connectivity index (χ0v) is 6.32. The molecule has 0 aliphatic heterocycles. The lowest BCUT2D eigenvalue weighted by molar-refractivity contribution is 0.740. The third kappa shape index (κ3) is 2.16. The molecule has 0 aliphatic carbocycles. The minimum Gasteiger partial charge on any atom is -0.328 e. The Bertz CT molecular complexity index is 155. The zero-order chi connectivity index (χ0) is 6.69. The Kier molecular flexibility index (Phi) is 2.25. The van der Waals surface area contributed by atoms with Gasteiger partial charge in [-0.3, -0.25) is 0 Å². The van der Waals surface area contributed by atoms with E-state index >= 15 is 0 Å². The smallest absolute Gasteiger partial charge is 0.00512 e. The van der Waals surface area contributed by atoms with Crippen LogP contribution in [0.15, 0.2) is 16.8 Å². The van der Waals surface area contributed by atoms with Gasteiger partial charge in [0.15, 0.2) is 0 Å². The molecule has 0 saturated heterocycles. The molecule has 2 heteroatoms. The van der Waals surface area contributed by atoms with Crippen LogP contribution in [0, 0.1) is 0 Å². The molecule has 0 aliphatic rings. The Balaban J connectivity index is 2.48. The highest BCUT2D eigenvalue weighted by molar-refractivity contribution is 7.07. The molecule has 50 valence electrons. The van der Waals surface area contributed by atoms with E-state index in [1.54, 1.807) is 11.3 Å². The molecule has 0 fully saturated rings. The van der Waals surface area contributed by atoms with E-state index < -0.39 is 0 Å². The molecule has 9 heavy (non-hydrogen) atoms. The molecule has 1 aromatic rings. The third-order valence-corrected chi connectivity index (χ3v) is 1.87. The van der Waals surface area contributed by atoms with E-state index in [1.807, 2.05) is 6.92 Å². The van der Waals surface area contributed by atoms with Crippen molar-refractivity contribution in [3.8, 4) is 0 Å². The summed E-state index contributed by atoms with van der Waals surface area (Å²) in [4.78, 5) is 0. The molecule has 2 N–H and O–H groups in total. The van der Waals surface area contributed by atoms with E-state index in [0.29, 0.717) is 6.04 Å². The second-order valence-electron chi connectivity index (χ2n) is 2.31. The predicted octanol–water partition coefficient (Wildman–Crippen LogP) is 1.64. The molecular formula is C7H11NS. The van der Waals surface area contributed by atoms with Crippen molar-refractivity contribution in [1.82, 2.24) is 0 Å². The molecule has 0 bridgehead atoms. The second kappa shape index (κ2) is 2.99. The minimum absolute atomic E-state index is 0.291. The summed E-state index contributed by atoms with van der Waals surface area (Å²) in [7, 11) is 0. The third-order valence-electron chi connectivity index (χ3n) is 1.14. The van der Waals surface area contributed by atoms with Crippen LogP contribution in [0.4, 0.5) is 0 Å². The fraction of sp³-hybridized carbons (Fsp3) is 0.429. The largest absolute Gasteiger partial charge is 0.328 e. The Morgan fingerprint density at radius 2 is 2.56 bits per heavy atom. The summed E-state index contributed by atoms with van der Waals surface area (Å²) in [5.74, 6) is 0. The highest BCUT2D eigenvalue weighted by Crippen LogP contribution is 2.07. The van der Waals surface area contributed by atoms with E-state index in [0.717, 1.165) is 6.42 Å². The highest BCUT2D eigenvalue weighted by atomic mass is 32.1. The number of hydrogen-bond donors (Lipinski definition) is 1. The van der Waals surface area contributed by atoms with Gasteiger partial charge in [-0.25, -0.2) is 0 Å². The van der Waals surface area contributed by atoms with E-state index in [1.165, 1.54) is 5.56 Å². The van der Waals surface area contributed by atoms with Gasteiger partial charge in [-0.15, -0.1) is 0 Å². The number of nitrogens with two attached hydrogens (primary N) is 1. The molecule has 1 rings (SSSR count). The average molecular weight is 141 g/mol.